The minimum atomic E-state index is -0.437. The number of hydrogen-bond donors (Lipinski definition) is 1. The zero-order valence-corrected chi connectivity index (χ0v) is 16.6. The Kier molecular flexibility index (Phi) is 5.52. The predicted molar refractivity (Wildman–Crippen MR) is 105 cm³/mol. The average Bonchev–Trinajstić information content (AvgIpc) is 3.13. The van der Waals surface area contributed by atoms with Gasteiger partial charge in [-0.1, -0.05) is 19.1 Å². The molecule has 1 aliphatic heterocycles. The summed E-state index contributed by atoms with van der Waals surface area (Å²) in [6.45, 7) is 2.57. The Labute approximate surface area is 167 Å². The van der Waals surface area contributed by atoms with E-state index in [0.29, 0.717) is 28.9 Å². The van der Waals surface area contributed by atoms with Gasteiger partial charge in [0, 0.05) is 4.88 Å². The molecule has 148 valence electrons. The molecule has 1 aliphatic carbocycles. The standard InChI is InChI=1S/C21H23NO5S/c1-13-6-7-18-14(8-13)9-19(28-18)21(24)26-12-20(23)22-10-15-11-25-16-4-2-3-5-17(16)27-15/h2-5,9,13,15H,6-8,10-12H2,1H3,(H,22,23)/t13-,15+/m1/s1. The third-order valence-electron chi connectivity index (χ3n) is 4.96. The average molecular weight is 401 g/mol. The van der Waals surface area contributed by atoms with Gasteiger partial charge in [-0.05, 0) is 48.9 Å². The van der Waals surface area contributed by atoms with Crippen molar-refractivity contribution in [2.75, 3.05) is 19.8 Å². The molecule has 4 rings (SSSR count). The zero-order chi connectivity index (χ0) is 19.5. The van der Waals surface area contributed by atoms with Gasteiger partial charge in [-0.25, -0.2) is 4.79 Å². The van der Waals surface area contributed by atoms with Crippen LogP contribution in [0.25, 0.3) is 0 Å². The second-order valence-electron chi connectivity index (χ2n) is 7.28. The number of ether oxygens (including phenoxy) is 3. The van der Waals surface area contributed by atoms with Gasteiger partial charge in [0.2, 0.25) is 0 Å². The first-order valence-corrected chi connectivity index (χ1v) is 10.3. The van der Waals surface area contributed by atoms with Crippen LogP contribution in [-0.4, -0.2) is 37.7 Å². The number of amides is 1. The number of hydrogen-bond acceptors (Lipinski definition) is 6. The molecule has 2 heterocycles. The topological polar surface area (TPSA) is 73.9 Å². The van der Waals surface area contributed by atoms with Gasteiger partial charge < -0.3 is 19.5 Å². The van der Waals surface area contributed by atoms with Gasteiger partial charge >= 0.3 is 5.97 Å². The minimum Gasteiger partial charge on any atom is -0.486 e. The number of nitrogens with one attached hydrogen (secondary N) is 1. The molecule has 7 heteroatoms. The monoisotopic (exact) mass is 401 g/mol. The Balaban J connectivity index is 1.22. The molecule has 0 radical (unpaired) electrons. The number of benzene rings is 1. The molecule has 0 spiro atoms. The fourth-order valence-corrected chi connectivity index (χ4v) is 4.55. The molecule has 1 amide bonds. The fourth-order valence-electron chi connectivity index (χ4n) is 3.45. The Morgan fingerprint density at radius 3 is 2.96 bits per heavy atom. The molecule has 0 saturated heterocycles. The van der Waals surface area contributed by atoms with Crippen molar-refractivity contribution in [3.63, 3.8) is 0 Å². The van der Waals surface area contributed by atoms with Crippen molar-refractivity contribution in [1.82, 2.24) is 5.32 Å². The summed E-state index contributed by atoms with van der Waals surface area (Å²) in [4.78, 5) is 26.1. The number of fused-ring (bicyclic) bond motifs is 2. The van der Waals surface area contributed by atoms with Crippen LogP contribution in [0.15, 0.2) is 30.3 Å². The summed E-state index contributed by atoms with van der Waals surface area (Å²) in [5, 5.41) is 2.73. The van der Waals surface area contributed by atoms with Gasteiger partial charge in [0.05, 0.1) is 6.54 Å². The summed E-state index contributed by atoms with van der Waals surface area (Å²) < 4.78 is 16.6. The van der Waals surface area contributed by atoms with Crippen LogP contribution in [-0.2, 0) is 22.4 Å². The van der Waals surface area contributed by atoms with Crippen molar-refractivity contribution in [3.05, 3.63) is 45.6 Å². The van der Waals surface area contributed by atoms with E-state index in [2.05, 4.69) is 12.2 Å². The maximum Gasteiger partial charge on any atom is 0.348 e. The smallest absolute Gasteiger partial charge is 0.348 e. The molecule has 2 atom stereocenters. The minimum absolute atomic E-state index is 0.277. The van der Waals surface area contributed by atoms with Crippen molar-refractivity contribution < 1.29 is 23.8 Å². The molecule has 0 unspecified atom stereocenters. The third-order valence-corrected chi connectivity index (χ3v) is 6.18. The number of carbonyl (C=O) groups excluding carboxylic acids is 2. The summed E-state index contributed by atoms with van der Waals surface area (Å²) in [6, 6.07) is 9.33. The number of aryl methyl sites for hydroxylation is 1. The number of carbonyl (C=O) groups is 2. The highest BCUT2D eigenvalue weighted by atomic mass is 32.1. The predicted octanol–water partition coefficient (Wildman–Crippen LogP) is 2.99. The Morgan fingerprint density at radius 2 is 2.11 bits per heavy atom. The van der Waals surface area contributed by atoms with E-state index in [1.807, 2.05) is 30.3 Å². The van der Waals surface area contributed by atoms with Gasteiger partial charge in [0.15, 0.2) is 18.1 Å². The highest BCUT2D eigenvalue weighted by Gasteiger charge is 2.23. The van der Waals surface area contributed by atoms with E-state index in [1.54, 1.807) is 0 Å². The molecular weight excluding hydrogens is 378 g/mol. The van der Waals surface area contributed by atoms with Crippen molar-refractivity contribution >= 4 is 23.2 Å². The van der Waals surface area contributed by atoms with Gasteiger partial charge in [0.25, 0.3) is 5.91 Å². The first kappa shape index (κ1) is 18.8. The van der Waals surface area contributed by atoms with E-state index in [-0.39, 0.29) is 25.2 Å². The molecule has 0 saturated carbocycles. The van der Waals surface area contributed by atoms with Crippen LogP contribution in [0, 0.1) is 5.92 Å². The lowest BCUT2D eigenvalue weighted by atomic mass is 9.90. The highest BCUT2D eigenvalue weighted by molar-refractivity contribution is 7.14. The normalized spacial score (nSPS) is 20.2. The Morgan fingerprint density at radius 1 is 1.29 bits per heavy atom. The van der Waals surface area contributed by atoms with Gasteiger partial charge in [-0.15, -0.1) is 11.3 Å². The lowest BCUT2D eigenvalue weighted by Crippen LogP contribution is -2.42. The number of thiophene rings is 1. The molecule has 2 aromatic rings. The summed E-state index contributed by atoms with van der Waals surface area (Å²) in [7, 11) is 0. The van der Waals surface area contributed by atoms with Crippen LogP contribution in [0.1, 0.15) is 33.5 Å². The van der Waals surface area contributed by atoms with E-state index in [0.717, 1.165) is 19.3 Å². The van der Waals surface area contributed by atoms with Crippen molar-refractivity contribution in [3.8, 4) is 11.5 Å². The van der Waals surface area contributed by atoms with Crippen LogP contribution in [0.5, 0.6) is 11.5 Å². The first-order chi connectivity index (χ1) is 13.6. The number of rotatable bonds is 5. The molecular formula is C21H23NO5S. The van der Waals surface area contributed by atoms with Gasteiger partial charge in [-0.3, -0.25) is 4.79 Å². The molecule has 0 bridgehead atoms. The summed E-state index contributed by atoms with van der Waals surface area (Å²) in [6.07, 6.45) is 2.90. The van der Waals surface area contributed by atoms with Crippen molar-refractivity contribution in [2.24, 2.45) is 5.92 Å². The summed E-state index contributed by atoms with van der Waals surface area (Å²) in [5.41, 5.74) is 1.25. The third kappa shape index (κ3) is 4.30. The molecule has 1 N–H and O–H groups in total. The van der Waals surface area contributed by atoms with Crippen LogP contribution in [0.2, 0.25) is 0 Å². The van der Waals surface area contributed by atoms with E-state index in [4.69, 9.17) is 14.2 Å². The Bertz CT molecular complexity index is 877. The zero-order valence-electron chi connectivity index (χ0n) is 15.7. The lowest BCUT2D eigenvalue weighted by Gasteiger charge is -2.26. The molecule has 0 fully saturated rings. The van der Waals surface area contributed by atoms with Crippen LogP contribution in [0.4, 0.5) is 0 Å². The molecule has 6 nitrogen and oxygen atoms in total. The maximum atomic E-state index is 12.3. The van der Waals surface area contributed by atoms with Gasteiger partial charge in [0.1, 0.15) is 17.6 Å². The maximum absolute atomic E-state index is 12.3. The first-order valence-electron chi connectivity index (χ1n) is 9.52. The van der Waals surface area contributed by atoms with Crippen molar-refractivity contribution in [2.45, 2.75) is 32.3 Å². The van der Waals surface area contributed by atoms with E-state index in [1.165, 1.54) is 21.8 Å². The Hall–Kier alpha value is -2.54. The second-order valence-corrected chi connectivity index (χ2v) is 8.42. The fraction of sp³-hybridized carbons (Fsp3) is 0.429. The molecule has 1 aromatic carbocycles. The largest absolute Gasteiger partial charge is 0.486 e. The second kappa shape index (κ2) is 8.22. The quantitative estimate of drug-likeness (QED) is 0.780. The van der Waals surface area contributed by atoms with Gasteiger partial charge in [-0.2, -0.15) is 0 Å². The molecule has 2 aliphatic rings. The molecule has 1 aromatic heterocycles. The van der Waals surface area contributed by atoms with Crippen LogP contribution < -0.4 is 14.8 Å². The number of para-hydroxylation sites is 2. The highest BCUT2D eigenvalue weighted by Crippen LogP contribution is 2.32. The van der Waals surface area contributed by atoms with E-state index >= 15 is 0 Å². The van der Waals surface area contributed by atoms with E-state index in [9.17, 15) is 9.59 Å². The van der Waals surface area contributed by atoms with E-state index < -0.39 is 5.97 Å². The lowest BCUT2D eigenvalue weighted by molar-refractivity contribution is -0.124. The number of esters is 1. The summed E-state index contributed by atoms with van der Waals surface area (Å²) in [5.74, 6) is 1.22. The van der Waals surface area contributed by atoms with Crippen LogP contribution in [0.3, 0.4) is 0 Å². The van der Waals surface area contributed by atoms with Crippen molar-refractivity contribution in [1.29, 1.82) is 0 Å². The summed E-state index contributed by atoms with van der Waals surface area (Å²) >= 11 is 1.48. The van der Waals surface area contributed by atoms with Crippen LogP contribution >= 0.6 is 11.3 Å². The SMILES string of the molecule is C[C@@H]1CCc2sc(C(=O)OCC(=O)NC[C@H]3COc4ccccc4O3)cc2C1. The molecule has 28 heavy (non-hydrogen) atoms.